The molecule has 0 radical (unpaired) electrons. The molecule has 2 saturated carbocycles. The van der Waals surface area contributed by atoms with Gasteiger partial charge in [-0.25, -0.2) is 0 Å². The summed E-state index contributed by atoms with van der Waals surface area (Å²) in [5, 5.41) is 9.74. The fourth-order valence-corrected chi connectivity index (χ4v) is 4.67. The Bertz CT molecular complexity index is 1010. The number of nitrogens with zero attached hydrogens (tertiary/aromatic N) is 4. The summed E-state index contributed by atoms with van der Waals surface area (Å²) in [5.41, 5.74) is 2.85. The lowest BCUT2D eigenvalue weighted by atomic mass is 10.2. The van der Waals surface area contributed by atoms with E-state index in [0.717, 1.165) is 33.7 Å². The van der Waals surface area contributed by atoms with Gasteiger partial charge in [-0.15, -0.1) is 10.2 Å². The van der Waals surface area contributed by atoms with E-state index in [1.54, 1.807) is 6.26 Å². The Morgan fingerprint density at radius 2 is 2.07 bits per heavy atom. The number of Topliss-reactive ketones (excluding diaryl/α,β-unsaturated/α-hetero) is 1. The second kappa shape index (κ2) is 6.95. The molecule has 2 fully saturated rings. The maximum absolute atomic E-state index is 12.9. The third-order valence-electron chi connectivity index (χ3n) is 5.65. The van der Waals surface area contributed by atoms with Gasteiger partial charge in [0.25, 0.3) is 0 Å². The predicted molar refractivity (Wildman–Crippen MR) is 107 cm³/mol. The highest BCUT2D eigenvalue weighted by Crippen LogP contribution is 2.46. The Morgan fingerprint density at radius 3 is 2.75 bits per heavy atom. The summed E-state index contributed by atoms with van der Waals surface area (Å²) in [4.78, 5) is 12.9. The zero-order chi connectivity index (χ0) is 19.3. The third-order valence-corrected chi connectivity index (χ3v) is 6.59. The van der Waals surface area contributed by atoms with Crippen LogP contribution in [0.1, 0.15) is 71.0 Å². The van der Waals surface area contributed by atoms with Crippen molar-refractivity contribution in [3.8, 4) is 0 Å². The lowest BCUT2D eigenvalue weighted by Gasteiger charge is -2.09. The molecule has 0 bridgehead atoms. The smallest absolute Gasteiger partial charge is 0.191 e. The zero-order valence-electron chi connectivity index (χ0n) is 16.2. The molecule has 3 heterocycles. The number of aryl methyl sites for hydroxylation is 1. The molecule has 0 unspecified atom stereocenters. The lowest BCUT2D eigenvalue weighted by molar-refractivity contribution is 0.102. The van der Waals surface area contributed by atoms with E-state index in [1.807, 2.05) is 32.0 Å². The molecule has 6 nitrogen and oxygen atoms in total. The topological polar surface area (TPSA) is 65.8 Å². The van der Waals surface area contributed by atoms with Gasteiger partial charge in [0.05, 0.1) is 18.6 Å². The molecule has 2 aliphatic carbocycles. The minimum absolute atomic E-state index is 0.141. The average Bonchev–Trinajstić information content (AvgIpc) is 3.60. The molecule has 7 heteroatoms. The summed E-state index contributed by atoms with van der Waals surface area (Å²) in [6.45, 7) is 4.68. The van der Waals surface area contributed by atoms with E-state index in [0.29, 0.717) is 24.3 Å². The van der Waals surface area contributed by atoms with Crippen molar-refractivity contribution in [2.24, 2.45) is 0 Å². The van der Waals surface area contributed by atoms with E-state index in [-0.39, 0.29) is 5.78 Å². The van der Waals surface area contributed by atoms with E-state index in [9.17, 15) is 4.79 Å². The van der Waals surface area contributed by atoms with Crippen LogP contribution in [0.15, 0.2) is 34.0 Å². The molecular formula is C21H24N4O2S. The molecule has 3 aromatic rings. The zero-order valence-corrected chi connectivity index (χ0v) is 17.0. The van der Waals surface area contributed by atoms with Crippen LogP contribution in [-0.4, -0.2) is 30.9 Å². The highest BCUT2D eigenvalue weighted by Gasteiger charge is 2.36. The second-order valence-corrected chi connectivity index (χ2v) is 8.82. The van der Waals surface area contributed by atoms with Gasteiger partial charge in [-0.3, -0.25) is 4.79 Å². The van der Waals surface area contributed by atoms with Crippen LogP contribution in [0.4, 0.5) is 0 Å². The van der Waals surface area contributed by atoms with Crippen molar-refractivity contribution in [1.82, 2.24) is 19.3 Å². The molecule has 0 aromatic carbocycles. The summed E-state index contributed by atoms with van der Waals surface area (Å²) < 4.78 is 9.90. The van der Waals surface area contributed by atoms with Crippen molar-refractivity contribution < 1.29 is 9.21 Å². The van der Waals surface area contributed by atoms with Crippen LogP contribution in [-0.2, 0) is 6.54 Å². The van der Waals surface area contributed by atoms with E-state index in [4.69, 9.17) is 4.42 Å². The molecule has 3 aromatic heterocycles. The predicted octanol–water partition coefficient (Wildman–Crippen LogP) is 4.53. The molecule has 0 atom stereocenters. The molecule has 0 amide bonds. The van der Waals surface area contributed by atoms with Crippen LogP contribution in [0.25, 0.3) is 0 Å². The van der Waals surface area contributed by atoms with Crippen molar-refractivity contribution in [1.29, 1.82) is 0 Å². The summed E-state index contributed by atoms with van der Waals surface area (Å²) in [6.07, 6.45) is 6.52. The van der Waals surface area contributed by atoms with Crippen LogP contribution in [0.3, 0.4) is 0 Å². The van der Waals surface area contributed by atoms with E-state index in [1.165, 1.54) is 37.4 Å². The summed E-state index contributed by atoms with van der Waals surface area (Å²) in [6, 6.07) is 6.38. The highest BCUT2D eigenvalue weighted by molar-refractivity contribution is 7.99. The van der Waals surface area contributed by atoms with E-state index < -0.39 is 0 Å². The van der Waals surface area contributed by atoms with E-state index in [2.05, 4.69) is 19.3 Å². The number of aromatic nitrogens is 4. The third kappa shape index (κ3) is 3.32. The normalized spacial score (nSPS) is 16.6. The maximum Gasteiger partial charge on any atom is 0.191 e. The Balaban J connectivity index is 1.31. The van der Waals surface area contributed by atoms with Gasteiger partial charge in [-0.05, 0) is 57.7 Å². The molecule has 5 rings (SSSR count). The van der Waals surface area contributed by atoms with Crippen molar-refractivity contribution >= 4 is 17.5 Å². The first-order valence-corrected chi connectivity index (χ1v) is 10.9. The number of ketones is 1. The van der Waals surface area contributed by atoms with Gasteiger partial charge < -0.3 is 13.6 Å². The monoisotopic (exact) mass is 396 g/mol. The fraction of sp³-hybridized carbons (Fsp3) is 0.476. The lowest BCUT2D eigenvalue weighted by Crippen LogP contribution is -2.08. The van der Waals surface area contributed by atoms with Gasteiger partial charge in [0.2, 0.25) is 0 Å². The first-order valence-electron chi connectivity index (χ1n) is 9.91. The number of carbonyl (C=O) groups excluding carboxylic acids is 1. The van der Waals surface area contributed by atoms with Gasteiger partial charge >= 0.3 is 0 Å². The standard InChI is InChI=1S/C21H24N4O2S/c1-13-10-18(14(2)24(13)11-17-4-3-9-27-17)19(26)12-28-21-23-22-20(15-5-6-15)25(21)16-7-8-16/h3-4,9-10,15-16H,5-8,11-12H2,1-2H3. The first kappa shape index (κ1) is 17.8. The molecular weight excluding hydrogens is 372 g/mol. The van der Waals surface area contributed by atoms with Crippen LogP contribution in [0.5, 0.6) is 0 Å². The Kier molecular flexibility index (Phi) is 4.42. The van der Waals surface area contributed by atoms with Gasteiger partial charge in [0.1, 0.15) is 11.6 Å². The van der Waals surface area contributed by atoms with E-state index >= 15 is 0 Å². The fourth-order valence-electron chi connectivity index (χ4n) is 3.78. The molecule has 2 aliphatic rings. The van der Waals surface area contributed by atoms with Crippen molar-refractivity contribution in [3.63, 3.8) is 0 Å². The average molecular weight is 397 g/mol. The number of furan rings is 1. The van der Waals surface area contributed by atoms with Crippen LogP contribution >= 0.6 is 11.8 Å². The molecule has 0 saturated heterocycles. The van der Waals surface area contributed by atoms with Crippen LogP contribution < -0.4 is 0 Å². The number of hydrogen-bond acceptors (Lipinski definition) is 5. The summed E-state index contributed by atoms with van der Waals surface area (Å²) in [5.74, 6) is 3.13. The maximum atomic E-state index is 12.9. The Labute approximate surface area is 168 Å². The molecule has 0 spiro atoms. The molecule has 0 aliphatic heterocycles. The first-order chi connectivity index (χ1) is 13.6. The van der Waals surface area contributed by atoms with Crippen LogP contribution in [0, 0.1) is 13.8 Å². The Morgan fingerprint density at radius 1 is 1.25 bits per heavy atom. The minimum atomic E-state index is 0.141. The second-order valence-electron chi connectivity index (χ2n) is 7.88. The van der Waals surface area contributed by atoms with Crippen molar-refractivity contribution in [3.05, 3.63) is 53.0 Å². The summed E-state index contributed by atoms with van der Waals surface area (Å²) in [7, 11) is 0. The van der Waals surface area contributed by atoms with Crippen molar-refractivity contribution in [2.45, 2.75) is 63.2 Å². The molecule has 28 heavy (non-hydrogen) atoms. The number of carbonyl (C=O) groups is 1. The van der Waals surface area contributed by atoms with Gasteiger partial charge in [-0.2, -0.15) is 0 Å². The minimum Gasteiger partial charge on any atom is -0.467 e. The number of hydrogen-bond donors (Lipinski definition) is 0. The number of thioether (sulfide) groups is 1. The van der Waals surface area contributed by atoms with Crippen LogP contribution in [0.2, 0.25) is 0 Å². The largest absolute Gasteiger partial charge is 0.467 e. The van der Waals surface area contributed by atoms with Gasteiger partial charge in [-0.1, -0.05) is 11.8 Å². The van der Waals surface area contributed by atoms with Gasteiger partial charge in [0, 0.05) is 28.9 Å². The quantitative estimate of drug-likeness (QED) is 0.414. The molecule has 146 valence electrons. The number of rotatable bonds is 8. The Hall–Kier alpha value is -2.28. The highest BCUT2D eigenvalue weighted by atomic mass is 32.2. The van der Waals surface area contributed by atoms with Gasteiger partial charge in [0.15, 0.2) is 10.9 Å². The summed E-state index contributed by atoms with van der Waals surface area (Å²) >= 11 is 1.53. The SMILES string of the molecule is Cc1cc(C(=O)CSc2nnc(C3CC3)n2C2CC2)c(C)n1Cc1ccco1. The van der Waals surface area contributed by atoms with Crippen molar-refractivity contribution in [2.75, 3.05) is 5.75 Å². The molecule has 0 N–H and O–H groups in total.